The summed E-state index contributed by atoms with van der Waals surface area (Å²) >= 11 is 0. The quantitative estimate of drug-likeness (QED) is 0.751. The van der Waals surface area contributed by atoms with Crippen LogP contribution in [0, 0.1) is 6.92 Å². The van der Waals surface area contributed by atoms with Crippen LogP contribution in [0.1, 0.15) is 44.2 Å². The number of anilines is 1. The number of nitrogens with zero attached hydrogens (tertiary/aromatic N) is 1. The molecule has 0 atom stereocenters. The van der Waals surface area contributed by atoms with Gasteiger partial charge in [0.2, 0.25) is 0 Å². The summed E-state index contributed by atoms with van der Waals surface area (Å²) in [5.41, 5.74) is 3.10. The molecule has 1 aromatic carbocycles. The molecule has 0 aliphatic carbocycles. The lowest BCUT2D eigenvalue weighted by atomic mass is 10.0. The first-order valence-electron chi connectivity index (χ1n) is 7.62. The highest BCUT2D eigenvalue weighted by Gasteiger charge is 2.22. The fourth-order valence-corrected chi connectivity index (χ4v) is 2.53. The first-order chi connectivity index (χ1) is 10.1. The van der Waals surface area contributed by atoms with Crippen molar-refractivity contribution in [1.29, 1.82) is 0 Å². The Bertz CT molecular complexity index is 471. The van der Waals surface area contributed by atoms with E-state index in [1.165, 1.54) is 7.11 Å². The Kier molecular flexibility index (Phi) is 7.06. The summed E-state index contributed by atoms with van der Waals surface area (Å²) in [6.45, 7) is 6.90. The van der Waals surface area contributed by atoms with Gasteiger partial charge >= 0.3 is 6.09 Å². The van der Waals surface area contributed by atoms with Gasteiger partial charge in [-0.1, -0.05) is 32.8 Å². The van der Waals surface area contributed by atoms with Crippen LogP contribution in [0.5, 0.6) is 5.75 Å². The van der Waals surface area contributed by atoms with Crippen LogP contribution in [0.15, 0.2) is 12.1 Å². The van der Waals surface area contributed by atoms with Gasteiger partial charge in [-0.15, -0.1) is 0 Å². The largest absolute Gasteiger partial charge is 0.496 e. The summed E-state index contributed by atoms with van der Waals surface area (Å²) in [4.78, 5) is 13.9. The molecule has 4 heteroatoms. The fraction of sp³-hybridized carbons (Fsp3) is 0.588. The Balaban J connectivity index is 3.33. The van der Waals surface area contributed by atoms with E-state index >= 15 is 0 Å². The minimum atomic E-state index is -0.308. The smallest absolute Gasteiger partial charge is 0.414 e. The molecule has 0 spiro atoms. The maximum atomic E-state index is 12.2. The molecule has 0 aromatic heterocycles. The zero-order valence-electron chi connectivity index (χ0n) is 13.9. The van der Waals surface area contributed by atoms with Crippen LogP contribution in [0.3, 0.4) is 0 Å². The Labute approximate surface area is 128 Å². The van der Waals surface area contributed by atoms with E-state index < -0.39 is 0 Å². The van der Waals surface area contributed by atoms with Crippen molar-refractivity contribution >= 4 is 11.8 Å². The Morgan fingerprint density at radius 3 is 2.43 bits per heavy atom. The average Bonchev–Trinajstić information content (AvgIpc) is 2.49. The van der Waals surface area contributed by atoms with Gasteiger partial charge in [-0.05, 0) is 31.4 Å². The van der Waals surface area contributed by atoms with E-state index in [1.54, 1.807) is 12.0 Å². The van der Waals surface area contributed by atoms with Crippen molar-refractivity contribution in [3.8, 4) is 5.75 Å². The lowest BCUT2D eigenvalue weighted by Gasteiger charge is -2.26. The van der Waals surface area contributed by atoms with Gasteiger partial charge in [-0.25, -0.2) is 4.79 Å². The first kappa shape index (κ1) is 17.3. The summed E-state index contributed by atoms with van der Waals surface area (Å²) in [7, 11) is 3.08. The van der Waals surface area contributed by atoms with Gasteiger partial charge in [0.15, 0.2) is 0 Å². The lowest BCUT2D eigenvalue weighted by molar-refractivity contribution is 0.178. The molecule has 0 aliphatic heterocycles. The molecule has 1 amide bonds. The second kappa shape index (κ2) is 8.55. The lowest BCUT2D eigenvalue weighted by Crippen LogP contribution is -2.33. The fourth-order valence-electron chi connectivity index (χ4n) is 2.53. The van der Waals surface area contributed by atoms with Crippen LogP contribution >= 0.6 is 0 Å². The van der Waals surface area contributed by atoms with E-state index in [9.17, 15) is 4.79 Å². The van der Waals surface area contributed by atoms with Gasteiger partial charge < -0.3 is 9.47 Å². The summed E-state index contributed by atoms with van der Waals surface area (Å²) in [6, 6.07) is 4.02. The number of carbonyl (C=O) groups is 1. The number of hydrogen-bond donors (Lipinski definition) is 0. The molecule has 0 aliphatic rings. The third kappa shape index (κ3) is 4.13. The molecular formula is C17H27NO3. The SMILES string of the molecule is CCCCN(C(=O)OC)c1c(CCC)ccc(OC)c1C. The highest BCUT2D eigenvalue weighted by Crippen LogP contribution is 2.33. The third-order valence-corrected chi connectivity index (χ3v) is 3.60. The van der Waals surface area contributed by atoms with E-state index in [1.807, 2.05) is 19.1 Å². The Morgan fingerprint density at radius 1 is 1.19 bits per heavy atom. The van der Waals surface area contributed by atoms with Crippen molar-refractivity contribution in [2.24, 2.45) is 0 Å². The minimum absolute atomic E-state index is 0.308. The highest BCUT2D eigenvalue weighted by molar-refractivity contribution is 5.90. The van der Waals surface area contributed by atoms with Crippen molar-refractivity contribution in [3.63, 3.8) is 0 Å². The number of hydrogen-bond acceptors (Lipinski definition) is 3. The maximum absolute atomic E-state index is 12.2. The molecule has 4 nitrogen and oxygen atoms in total. The third-order valence-electron chi connectivity index (χ3n) is 3.60. The number of unbranched alkanes of at least 4 members (excludes halogenated alkanes) is 1. The van der Waals surface area contributed by atoms with Gasteiger partial charge in [-0.2, -0.15) is 0 Å². The Hall–Kier alpha value is -1.71. The summed E-state index contributed by atoms with van der Waals surface area (Å²) < 4.78 is 10.4. The van der Waals surface area contributed by atoms with Gasteiger partial charge in [-0.3, -0.25) is 4.90 Å². The van der Waals surface area contributed by atoms with E-state index in [-0.39, 0.29) is 6.09 Å². The molecule has 21 heavy (non-hydrogen) atoms. The zero-order valence-corrected chi connectivity index (χ0v) is 13.9. The Morgan fingerprint density at radius 2 is 1.90 bits per heavy atom. The standard InChI is InChI=1S/C17H27NO3/c1-6-8-12-18(17(19)21-5)16-13(3)15(20-4)11-10-14(16)9-7-2/h10-11H,6-9,12H2,1-5H3. The number of carbonyl (C=O) groups excluding carboxylic acids is 1. The van der Waals surface area contributed by atoms with Crippen LogP contribution in [0.4, 0.5) is 10.5 Å². The predicted molar refractivity (Wildman–Crippen MR) is 86.4 cm³/mol. The van der Waals surface area contributed by atoms with Gasteiger partial charge in [0.1, 0.15) is 5.75 Å². The minimum Gasteiger partial charge on any atom is -0.496 e. The molecule has 1 rings (SSSR count). The average molecular weight is 293 g/mol. The van der Waals surface area contributed by atoms with Crippen molar-refractivity contribution in [3.05, 3.63) is 23.3 Å². The maximum Gasteiger partial charge on any atom is 0.414 e. The second-order valence-electron chi connectivity index (χ2n) is 5.13. The number of rotatable bonds is 7. The molecule has 0 heterocycles. The molecular weight excluding hydrogens is 266 g/mol. The molecule has 0 unspecified atom stereocenters. The monoisotopic (exact) mass is 293 g/mol. The predicted octanol–water partition coefficient (Wildman–Crippen LogP) is 4.33. The summed E-state index contributed by atoms with van der Waals surface area (Å²) in [5, 5.41) is 0. The number of aryl methyl sites for hydroxylation is 1. The van der Waals surface area contributed by atoms with E-state index in [0.717, 1.165) is 48.2 Å². The van der Waals surface area contributed by atoms with Gasteiger partial charge in [0, 0.05) is 12.1 Å². The number of ether oxygens (including phenoxy) is 2. The van der Waals surface area contributed by atoms with Crippen molar-refractivity contribution in [2.75, 3.05) is 25.7 Å². The molecule has 0 saturated carbocycles. The summed E-state index contributed by atoms with van der Waals surface area (Å²) in [5.74, 6) is 0.801. The molecule has 118 valence electrons. The number of amides is 1. The van der Waals surface area contributed by atoms with Crippen molar-refractivity contribution < 1.29 is 14.3 Å². The van der Waals surface area contributed by atoms with Gasteiger partial charge in [0.25, 0.3) is 0 Å². The molecule has 0 fully saturated rings. The van der Waals surface area contributed by atoms with E-state index in [0.29, 0.717) is 6.54 Å². The van der Waals surface area contributed by atoms with Crippen LogP contribution < -0.4 is 9.64 Å². The summed E-state index contributed by atoms with van der Waals surface area (Å²) in [6.07, 6.45) is 3.62. The zero-order chi connectivity index (χ0) is 15.8. The second-order valence-corrected chi connectivity index (χ2v) is 5.13. The van der Waals surface area contributed by atoms with Gasteiger partial charge in [0.05, 0.1) is 19.9 Å². The molecule has 0 N–H and O–H groups in total. The number of benzene rings is 1. The highest BCUT2D eigenvalue weighted by atomic mass is 16.5. The van der Waals surface area contributed by atoms with Crippen molar-refractivity contribution in [1.82, 2.24) is 0 Å². The molecule has 0 radical (unpaired) electrons. The van der Waals surface area contributed by atoms with Crippen molar-refractivity contribution in [2.45, 2.75) is 46.5 Å². The topological polar surface area (TPSA) is 38.8 Å². The van der Waals surface area contributed by atoms with Crippen LogP contribution in [0.25, 0.3) is 0 Å². The first-order valence-corrected chi connectivity index (χ1v) is 7.62. The van der Waals surface area contributed by atoms with E-state index in [2.05, 4.69) is 13.8 Å². The molecule has 1 aromatic rings. The molecule has 0 saturated heterocycles. The molecule has 0 bridgehead atoms. The number of methoxy groups -OCH3 is 2. The van der Waals surface area contributed by atoms with E-state index in [4.69, 9.17) is 9.47 Å². The van der Waals surface area contributed by atoms with Crippen LogP contribution in [-0.4, -0.2) is 26.9 Å². The van der Waals surface area contributed by atoms with Crippen LogP contribution in [-0.2, 0) is 11.2 Å². The normalized spacial score (nSPS) is 10.3. The van der Waals surface area contributed by atoms with Crippen LogP contribution in [0.2, 0.25) is 0 Å².